The van der Waals surface area contributed by atoms with Gasteiger partial charge in [0.1, 0.15) is 11.6 Å². The maximum absolute atomic E-state index is 14.1. The van der Waals surface area contributed by atoms with E-state index in [-0.39, 0.29) is 11.9 Å². The zero-order valence-corrected chi connectivity index (χ0v) is 13.8. The van der Waals surface area contributed by atoms with E-state index in [1.54, 1.807) is 13.2 Å². The number of ether oxygens (including phenoxy) is 1. The van der Waals surface area contributed by atoms with Crippen molar-refractivity contribution in [3.63, 3.8) is 0 Å². The van der Waals surface area contributed by atoms with Crippen molar-refractivity contribution >= 4 is 15.9 Å². The Morgan fingerprint density at radius 3 is 2.62 bits per heavy atom. The number of benzene rings is 2. The van der Waals surface area contributed by atoms with Crippen LogP contribution in [0.3, 0.4) is 0 Å². The van der Waals surface area contributed by atoms with E-state index in [9.17, 15) is 4.39 Å². The molecule has 0 fully saturated rings. The largest absolute Gasteiger partial charge is 0.496 e. The lowest BCUT2D eigenvalue weighted by molar-refractivity contribution is 0.411. The molecule has 2 aromatic carbocycles. The molecule has 1 atom stereocenters. The van der Waals surface area contributed by atoms with Crippen LogP contribution in [0.1, 0.15) is 30.5 Å². The molecule has 0 aliphatic rings. The molecule has 0 aromatic heterocycles. The molecule has 0 radical (unpaired) electrons. The molecule has 112 valence electrons. The van der Waals surface area contributed by atoms with Gasteiger partial charge in [-0.15, -0.1) is 0 Å². The van der Waals surface area contributed by atoms with E-state index in [1.165, 1.54) is 6.07 Å². The summed E-state index contributed by atoms with van der Waals surface area (Å²) in [4.78, 5) is 0. The summed E-state index contributed by atoms with van der Waals surface area (Å²) in [6, 6.07) is 12.5. The predicted octanol–water partition coefficient (Wildman–Crippen LogP) is 4.69. The van der Waals surface area contributed by atoms with Crippen molar-refractivity contribution in [2.24, 2.45) is 0 Å². The third-order valence-electron chi connectivity index (χ3n) is 3.32. The van der Waals surface area contributed by atoms with Gasteiger partial charge in [0.05, 0.1) is 17.6 Å². The van der Waals surface area contributed by atoms with Gasteiger partial charge < -0.3 is 10.1 Å². The zero-order valence-electron chi connectivity index (χ0n) is 12.2. The van der Waals surface area contributed by atoms with Gasteiger partial charge in [-0.2, -0.15) is 0 Å². The van der Waals surface area contributed by atoms with Crippen LogP contribution in [0, 0.1) is 5.82 Å². The minimum absolute atomic E-state index is 0.173. The van der Waals surface area contributed by atoms with Crippen LogP contribution in [0.2, 0.25) is 0 Å². The van der Waals surface area contributed by atoms with Crippen molar-refractivity contribution < 1.29 is 9.13 Å². The minimum Gasteiger partial charge on any atom is -0.496 e. The first-order valence-electron chi connectivity index (χ1n) is 6.98. The van der Waals surface area contributed by atoms with Gasteiger partial charge in [-0.1, -0.05) is 31.2 Å². The molecule has 0 spiro atoms. The lowest BCUT2D eigenvalue weighted by Crippen LogP contribution is -2.24. The molecule has 2 rings (SSSR count). The van der Waals surface area contributed by atoms with E-state index >= 15 is 0 Å². The van der Waals surface area contributed by atoms with E-state index in [0.717, 1.165) is 28.8 Å². The van der Waals surface area contributed by atoms with Crippen LogP contribution in [0.5, 0.6) is 5.75 Å². The smallest absolute Gasteiger partial charge is 0.133 e. The molecular weight excluding hydrogens is 333 g/mol. The third-order valence-corrected chi connectivity index (χ3v) is 3.94. The number of hydrogen-bond donors (Lipinski definition) is 1. The first kappa shape index (κ1) is 16.0. The standard InChI is InChI=1S/C17H19BrFNO/c1-3-10-20-17(13-6-4-5-7-15(13)19)12-8-9-16(21-2)14(18)11-12/h4-9,11,17,20H,3,10H2,1-2H3. The van der Waals surface area contributed by atoms with Gasteiger partial charge in [0.15, 0.2) is 0 Å². The molecular formula is C17H19BrFNO. The molecule has 0 bridgehead atoms. The van der Waals surface area contributed by atoms with E-state index in [4.69, 9.17) is 4.74 Å². The molecule has 0 aliphatic heterocycles. The molecule has 21 heavy (non-hydrogen) atoms. The van der Waals surface area contributed by atoms with Crippen LogP contribution in [0.25, 0.3) is 0 Å². The quantitative estimate of drug-likeness (QED) is 0.815. The summed E-state index contributed by atoms with van der Waals surface area (Å²) in [6.07, 6.45) is 0.988. The SMILES string of the molecule is CCCNC(c1ccc(OC)c(Br)c1)c1ccccc1F. The predicted molar refractivity (Wildman–Crippen MR) is 87.2 cm³/mol. The molecule has 1 unspecified atom stereocenters. The Hall–Kier alpha value is -1.39. The van der Waals surface area contributed by atoms with Crippen LogP contribution >= 0.6 is 15.9 Å². The lowest BCUT2D eigenvalue weighted by atomic mass is 9.98. The first-order valence-corrected chi connectivity index (χ1v) is 7.78. The van der Waals surface area contributed by atoms with Gasteiger partial charge in [0, 0.05) is 5.56 Å². The highest BCUT2D eigenvalue weighted by Crippen LogP contribution is 2.31. The lowest BCUT2D eigenvalue weighted by Gasteiger charge is -2.21. The Kier molecular flexibility index (Phi) is 5.76. The van der Waals surface area contributed by atoms with Gasteiger partial charge in [0.25, 0.3) is 0 Å². The van der Waals surface area contributed by atoms with Crippen LogP contribution < -0.4 is 10.1 Å². The second-order valence-electron chi connectivity index (χ2n) is 4.80. The van der Waals surface area contributed by atoms with Crippen molar-refractivity contribution in [3.05, 3.63) is 63.9 Å². The van der Waals surface area contributed by atoms with Crippen LogP contribution in [0.15, 0.2) is 46.9 Å². The molecule has 0 amide bonds. The van der Waals surface area contributed by atoms with Crippen LogP contribution in [-0.4, -0.2) is 13.7 Å². The summed E-state index contributed by atoms with van der Waals surface area (Å²) < 4.78 is 20.2. The minimum atomic E-state index is -0.196. The van der Waals surface area contributed by atoms with Crippen molar-refractivity contribution in [3.8, 4) is 5.75 Å². The van der Waals surface area contributed by atoms with Crippen molar-refractivity contribution in [2.45, 2.75) is 19.4 Å². The Balaban J connectivity index is 2.40. The maximum atomic E-state index is 14.1. The normalized spacial score (nSPS) is 12.2. The Morgan fingerprint density at radius 2 is 2.00 bits per heavy atom. The van der Waals surface area contributed by atoms with Crippen molar-refractivity contribution in [2.75, 3.05) is 13.7 Å². The van der Waals surface area contributed by atoms with Gasteiger partial charge in [-0.05, 0) is 52.7 Å². The van der Waals surface area contributed by atoms with Gasteiger partial charge in [-0.25, -0.2) is 4.39 Å². The number of methoxy groups -OCH3 is 1. The van der Waals surface area contributed by atoms with E-state index in [1.807, 2.05) is 30.3 Å². The highest BCUT2D eigenvalue weighted by Gasteiger charge is 2.18. The summed E-state index contributed by atoms with van der Waals surface area (Å²) in [7, 11) is 1.63. The van der Waals surface area contributed by atoms with Gasteiger partial charge >= 0.3 is 0 Å². The Labute approximate surface area is 133 Å². The molecule has 0 saturated heterocycles. The molecule has 1 N–H and O–H groups in total. The van der Waals surface area contributed by atoms with Crippen LogP contribution in [-0.2, 0) is 0 Å². The van der Waals surface area contributed by atoms with Crippen molar-refractivity contribution in [1.29, 1.82) is 0 Å². The Morgan fingerprint density at radius 1 is 1.24 bits per heavy atom. The average Bonchev–Trinajstić information content (AvgIpc) is 2.49. The molecule has 4 heteroatoms. The number of halogens is 2. The summed E-state index contributed by atoms with van der Waals surface area (Å²) >= 11 is 3.49. The van der Waals surface area contributed by atoms with Crippen molar-refractivity contribution in [1.82, 2.24) is 5.32 Å². The van der Waals surface area contributed by atoms with E-state index in [0.29, 0.717) is 5.56 Å². The zero-order chi connectivity index (χ0) is 15.2. The molecule has 0 heterocycles. The molecule has 2 nitrogen and oxygen atoms in total. The number of hydrogen-bond acceptors (Lipinski definition) is 2. The highest BCUT2D eigenvalue weighted by atomic mass is 79.9. The maximum Gasteiger partial charge on any atom is 0.133 e. The first-order chi connectivity index (χ1) is 10.2. The second-order valence-corrected chi connectivity index (χ2v) is 5.66. The summed E-state index contributed by atoms with van der Waals surface area (Å²) in [5.74, 6) is 0.569. The number of nitrogens with one attached hydrogen (secondary N) is 1. The van der Waals surface area contributed by atoms with Gasteiger partial charge in [0.2, 0.25) is 0 Å². The number of rotatable bonds is 6. The summed E-state index contributed by atoms with van der Waals surface area (Å²) in [5, 5.41) is 3.41. The van der Waals surface area contributed by atoms with E-state index in [2.05, 4.69) is 28.2 Å². The fraction of sp³-hybridized carbons (Fsp3) is 0.294. The Bertz CT molecular complexity index is 603. The third kappa shape index (κ3) is 3.83. The molecule has 0 saturated carbocycles. The van der Waals surface area contributed by atoms with Crippen LogP contribution in [0.4, 0.5) is 4.39 Å². The fourth-order valence-electron chi connectivity index (χ4n) is 2.27. The topological polar surface area (TPSA) is 21.3 Å². The molecule has 2 aromatic rings. The average molecular weight is 352 g/mol. The van der Waals surface area contributed by atoms with Gasteiger partial charge in [-0.3, -0.25) is 0 Å². The fourth-order valence-corrected chi connectivity index (χ4v) is 2.83. The summed E-state index contributed by atoms with van der Waals surface area (Å²) in [5.41, 5.74) is 1.66. The summed E-state index contributed by atoms with van der Waals surface area (Å²) in [6.45, 7) is 2.91. The highest BCUT2D eigenvalue weighted by molar-refractivity contribution is 9.10. The second kappa shape index (κ2) is 7.57. The van der Waals surface area contributed by atoms with E-state index < -0.39 is 0 Å². The monoisotopic (exact) mass is 351 g/mol. The molecule has 0 aliphatic carbocycles.